The normalized spacial score (nSPS) is 11.9. The van der Waals surface area contributed by atoms with Crippen LogP contribution in [-0.4, -0.2) is 4.98 Å². The highest BCUT2D eigenvalue weighted by Gasteiger charge is 2.04. The molecule has 0 amide bonds. The number of ether oxygens (including phenoxy) is 1. The van der Waals surface area contributed by atoms with Crippen molar-refractivity contribution in [1.29, 1.82) is 5.26 Å². The Bertz CT molecular complexity index is 848. The number of rotatable bonds is 3. The standard InChI is InChI=1S/C18H15N3O/c1-12(20)14-4-8-17-15(10-14)5-9-18(21-17)22-16-6-2-13(11-19)3-7-16/h2-10,12H,20H2,1H3. The van der Waals surface area contributed by atoms with E-state index in [-0.39, 0.29) is 6.04 Å². The van der Waals surface area contributed by atoms with Crippen molar-refractivity contribution < 1.29 is 4.74 Å². The molecular weight excluding hydrogens is 274 g/mol. The van der Waals surface area contributed by atoms with E-state index in [1.165, 1.54) is 0 Å². The first-order valence-corrected chi connectivity index (χ1v) is 7.00. The molecule has 1 aromatic heterocycles. The van der Waals surface area contributed by atoms with Gasteiger partial charge in [-0.05, 0) is 55.0 Å². The molecule has 0 bridgehead atoms. The van der Waals surface area contributed by atoms with E-state index in [0.717, 1.165) is 16.5 Å². The van der Waals surface area contributed by atoms with Gasteiger partial charge in [0.2, 0.25) is 5.88 Å². The maximum Gasteiger partial charge on any atom is 0.219 e. The Balaban J connectivity index is 1.88. The summed E-state index contributed by atoms with van der Waals surface area (Å²) in [6.07, 6.45) is 0. The smallest absolute Gasteiger partial charge is 0.219 e. The number of nitriles is 1. The molecule has 2 N–H and O–H groups in total. The van der Waals surface area contributed by atoms with Crippen LogP contribution >= 0.6 is 0 Å². The summed E-state index contributed by atoms with van der Waals surface area (Å²) in [6, 6.07) is 18.8. The molecule has 4 heteroatoms. The zero-order chi connectivity index (χ0) is 15.5. The number of pyridine rings is 1. The number of aromatic nitrogens is 1. The fourth-order valence-electron chi connectivity index (χ4n) is 2.18. The Kier molecular flexibility index (Phi) is 3.73. The first kappa shape index (κ1) is 14.1. The highest BCUT2D eigenvalue weighted by Crippen LogP contribution is 2.24. The maximum atomic E-state index is 8.79. The molecule has 0 radical (unpaired) electrons. The fourth-order valence-corrected chi connectivity index (χ4v) is 2.18. The zero-order valence-electron chi connectivity index (χ0n) is 12.2. The van der Waals surface area contributed by atoms with Crippen molar-refractivity contribution in [1.82, 2.24) is 4.98 Å². The third-order valence-electron chi connectivity index (χ3n) is 3.42. The molecule has 0 aliphatic carbocycles. The summed E-state index contributed by atoms with van der Waals surface area (Å²) in [5.74, 6) is 1.17. The Morgan fingerprint density at radius 2 is 1.86 bits per heavy atom. The van der Waals surface area contributed by atoms with Gasteiger partial charge in [0.1, 0.15) is 5.75 Å². The quantitative estimate of drug-likeness (QED) is 0.793. The molecule has 3 aromatic rings. The van der Waals surface area contributed by atoms with Crippen LogP contribution in [0.2, 0.25) is 0 Å². The van der Waals surface area contributed by atoms with E-state index < -0.39 is 0 Å². The van der Waals surface area contributed by atoms with Crippen LogP contribution in [-0.2, 0) is 0 Å². The Labute approximate surface area is 128 Å². The van der Waals surface area contributed by atoms with Crippen LogP contribution in [0, 0.1) is 11.3 Å². The minimum atomic E-state index is -0.000949. The lowest BCUT2D eigenvalue weighted by molar-refractivity contribution is 0.465. The Hall–Kier alpha value is -2.90. The van der Waals surface area contributed by atoms with Crippen LogP contribution in [0.4, 0.5) is 0 Å². The monoisotopic (exact) mass is 289 g/mol. The van der Waals surface area contributed by atoms with Crippen LogP contribution in [0.3, 0.4) is 0 Å². The number of hydrogen-bond acceptors (Lipinski definition) is 4. The summed E-state index contributed by atoms with van der Waals surface area (Å²) in [5.41, 5.74) is 8.43. The molecular formula is C18H15N3O. The van der Waals surface area contributed by atoms with Gasteiger partial charge in [-0.15, -0.1) is 0 Å². The number of benzene rings is 2. The predicted octanol–water partition coefficient (Wildman–Crippen LogP) is 3.92. The second kappa shape index (κ2) is 5.84. The first-order chi connectivity index (χ1) is 10.7. The van der Waals surface area contributed by atoms with Gasteiger partial charge in [0.25, 0.3) is 0 Å². The van der Waals surface area contributed by atoms with Crippen LogP contribution in [0.5, 0.6) is 11.6 Å². The highest BCUT2D eigenvalue weighted by molar-refractivity contribution is 5.80. The molecule has 1 unspecified atom stereocenters. The lowest BCUT2D eigenvalue weighted by Gasteiger charge is -2.08. The van der Waals surface area contributed by atoms with Gasteiger partial charge in [0.05, 0.1) is 17.1 Å². The van der Waals surface area contributed by atoms with Gasteiger partial charge < -0.3 is 10.5 Å². The van der Waals surface area contributed by atoms with Crippen LogP contribution < -0.4 is 10.5 Å². The molecule has 0 spiro atoms. The van der Waals surface area contributed by atoms with E-state index in [1.807, 2.05) is 37.3 Å². The van der Waals surface area contributed by atoms with Gasteiger partial charge in [-0.3, -0.25) is 0 Å². The number of nitrogens with zero attached hydrogens (tertiary/aromatic N) is 2. The topological polar surface area (TPSA) is 71.9 Å². The van der Waals surface area contributed by atoms with E-state index in [0.29, 0.717) is 17.2 Å². The minimum absolute atomic E-state index is 0.000949. The minimum Gasteiger partial charge on any atom is -0.439 e. The van der Waals surface area contributed by atoms with Crippen LogP contribution in [0.15, 0.2) is 54.6 Å². The summed E-state index contributed by atoms with van der Waals surface area (Å²) in [7, 11) is 0. The van der Waals surface area contributed by atoms with Gasteiger partial charge in [0, 0.05) is 17.5 Å². The molecule has 0 fully saturated rings. The second-order valence-corrected chi connectivity index (χ2v) is 5.13. The molecule has 2 aromatic carbocycles. The Morgan fingerprint density at radius 1 is 1.09 bits per heavy atom. The molecule has 1 atom stereocenters. The summed E-state index contributed by atoms with van der Waals surface area (Å²) < 4.78 is 5.72. The van der Waals surface area contributed by atoms with E-state index >= 15 is 0 Å². The predicted molar refractivity (Wildman–Crippen MR) is 85.6 cm³/mol. The number of hydrogen-bond donors (Lipinski definition) is 1. The van der Waals surface area contributed by atoms with Crippen molar-refractivity contribution in [3.63, 3.8) is 0 Å². The van der Waals surface area contributed by atoms with E-state index in [1.54, 1.807) is 24.3 Å². The molecule has 3 rings (SSSR count). The van der Waals surface area contributed by atoms with Crippen molar-refractivity contribution in [2.45, 2.75) is 13.0 Å². The highest BCUT2D eigenvalue weighted by atomic mass is 16.5. The van der Waals surface area contributed by atoms with Gasteiger partial charge >= 0.3 is 0 Å². The fraction of sp³-hybridized carbons (Fsp3) is 0.111. The molecule has 4 nitrogen and oxygen atoms in total. The lowest BCUT2D eigenvalue weighted by atomic mass is 10.1. The average molecular weight is 289 g/mol. The maximum absolute atomic E-state index is 8.79. The van der Waals surface area contributed by atoms with Crippen molar-refractivity contribution in [2.24, 2.45) is 5.73 Å². The first-order valence-electron chi connectivity index (χ1n) is 7.00. The number of nitrogens with two attached hydrogens (primary N) is 1. The Morgan fingerprint density at radius 3 is 2.55 bits per heavy atom. The van der Waals surface area contributed by atoms with Crippen LogP contribution in [0.1, 0.15) is 24.1 Å². The molecule has 0 aliphatic rings. The van der Waals surface area contributed by atoms with Crippen molar-refractivity contribution in [2.75, 3.05) is 0 Å². The molecule has 108 valence electrons. The third kappa shape index (κ3) is 2.90. The molecule has 0 saturated carbocycles. The molecule has 0 saturated heterocycles. The van der Waals surface area contributed by atoms with E-state index in [4.69, 9.17) is 15.7 Å². The van der Waals surface area contributed by atoms with E-state index in [2.05, 4.69) is 11.1 Å². The van der Waals surface area contributed by atoms with Gasteiger partial charge in [-0.1, -0.05) is 6.07 Å². The summed E-state index contributed by atoms with van der Waals surface area (Å²) in [6.45, 7) is 1.96. The summed E-state index contributed by atoms with van der Waals surface area (Å²) in [5, 5.41) is 9.82. The second-order valence-electron chi connectivity index (χ2n) is 5.13. The van der Waals surface area contributed by atoms with Gasteiger partial charge in [-0.25, -0.2) is 4.98 Å². The summed E-state index contributed by atoms with van der Waals surface area (Å²) >= 11 is 0. The van der Waals surface area contributed by atoms with Gasteiger partial charge in [-0.2, -0.15) is 5.26 Å². The van der Waals surface area contributed by atoms with E-state index in [9.17, 15) is 0 Å². The SMILES string of the molecule is CC(N)c1ccc2nc(Oc3ccc(C#N)cc3)ccc2c1. The third-order valence-corrected chi connectivity index (χ3v) is 3.42. The van der Waals surface area contributed by atoms with Crippen molar-refractivity contribution in [3.05, 3.63) is 65.7 Å². The van der Waals surface area contributed by atoms with Crippen molar-refractivity contribution >= 4 is 10.9 Å². The van der Waals surface area contributed by atoms with Crippen molar-refractivity contribution in [3.8, 4) is 17.7 Å². The molecule has 0 aliphatic heterocycles. The zero-order valence-corrected chi connectivity index (χ0v) is 12.2. The largest absolute Gasteiger partial charge is 0.439 e. The summed E-state index contributed by atoms with van der Waals surface area (Å²) in [4.78, 5) is 4.49. The molecule has 1 heterocycles. The lowest BCUT2D eigenvalue weighted by Crippen LogP contribution is -2.04. The van der Waals surface area contributed by atoms with Crippen LogP contribution in [0.25, 0.3) is 10.9 Å². The van der Waals surface area contributed by atoms with Gasteiger partial charge in [0.15, 0.2) is 0 Å². The number of fused-ring (bicyclic) bond motifs is 1. The average Bonchev–Trinajstić information content (AvgIpc) is 2.55. The molecule has 22 heavy (non-hydrogen) atoms.